The molecular weight excluding hydrogens is 304 g/mol. The summed E-state index contributed by atoms with van der Waals surface area (Å²) >= 11 is 0. The molecule has 1 N–H and O–H groups in total. The van der Waals surface area contributed by atoms with Crippen LogP contribution < -0.4 is 10.1 Å². The van der Waals surface area contributed by atoms with Gasteiger partial charge in [0.2, 0.25) is 11.8 Å². The zero-order chi connectivity index (χ0) is 17.1. The predicted octanol–water partition coefficient (Wildman–Crippen LogP) is 2.92. The van der Waals surface area contributed by atoms with Crippen molar-refractivity contribution in [3.8, 4) is 5.75 Å². The third-order valence-corrected chi connectivity index (χ3v) is 4.85. The number of carbonyl (C=O) groups excluding carboxylic acids is 2. The molecule has 3 unspecified atom stereocenters. The van der Waals surface area contributed by atoms with E-state index in [-0.39, 0.29) is 23.7 Å². The van der Waals surface area contributed by atoms with Gasteiger partial charge in [0, 0.05) is 18.8 Å². The maximum Gasteiger partial charge on any atom is 0.228 e. The number of amides is 2. The number of carbonyl (C=O) groups is 2. The maximum atomic E-state index is 12.5. The number of likely N-dealkylation sites (tertiary alicyclic amines) is 1. The number of benzene rings is 1. The van der Waals surface area contributed by atoms with Crippen LogP contribution >= 0.6 is 0 Å². The van der Waals surface area contributed by atoms with Crippen molar-refractivity contribution in [3.63, 3.8) is 0 Å². The standard InChI is InChI=1S/C19H26N2O3/c1-3-24-15-8-6-14(7-9-15)20-18(22)16-11-17(16)19(23)21-10-4-5-13(2)12-21/h6-9,13,16-17H,3-5,10-12H2,1-2H3,(H,20,22). The lowest BCUT2D eigenvalue weighted by atomic mass is 10.00. The molecule has 2 aliphatic rings. The first-order chi connectivity index (χ1) is 11.6. The predicted molar refractivity (Wildman–Crippen MR) is 92.8 cm³/mol. The van der Waals surface area contributed by atoms with Crippen LogP contribution in [0.25, 0.3) is 0 Å². The molecule has 24 heavy (non-hydrogen) atoms. The molecule has 3 rings (SSSR count). The van der Waals surface area contributed by atoms with E-state index in [2.05, 4.69) is 12.2 Å². The maximum absolute atomic E-state index is 12.5. The molecular formula is C19H26N2O3. The van der Waals surface area contributed by atoms with Gasteiger partial charge in [-0.05, 0) is 56.4 Å². The molecule has 5 heteroatoms. The minimum absolute atomic E-state index is 0.0532. The highest BCUT2D eigenvalue weighted by atomic mass is 16.5. The number of nitrogens with one attached hydrogen (secondary N) is 1. The Kier molecular flexibility index (Phi) is 5.07. The van der Waals surface area contributed by atoms with Gasteiger partial charge >= 0.3 is 0 Å². The lowest BCUT2D eigenvalue weighted by molar-refractivity contribution is -0.135. The molecule has 1 heterocycles. The van der Waals surface area contributed by atoms with E-state index in [0.29, 0.717) is 18.9 Å². The molecule has 0 aromatic heterocycles. The summed E-state index contributed by atoms with van der Waals surface area (Å²) < 4.78 is 5.39. The molecule has 130 valence electrons. The van der Waals surface area contributed by atoms with Gasteiger partial charge in [0.05, 0.1) is 18.4 Å². The second kappa shape index (κ2) is 7.24. The van der Waals surface area contributed by atoms with E-state index < -0.39 is 0 Å². The first-order valence-corrected chi connectivity index (χ1v) is 8.91. The fraction of sp³-hybridized carbons (Fsp3) is 0.579. The van der Waals surface area contributed by atoms with E-state index in [1.54, 1.807) is 0 Å². The van der Waals surface area contributed by atoms with Gasteiger partial charge in [-0.1, -0.05) is 6.92 Å². The van der Waals surface area contributed by atoms with Gasteiger partial charge < -0.3 is 15.0 Å². The Balaban J connectivity index is 1.51. The van der Waals surface area contributed by atoms with E-state index in [0.717, 1.165) is 30.9 Å². The summed E-state index contributed by atoms with van der Waals surface area (Å²) in [6, 6.07) is 7.33. The lowest BCUT2D eigenvalue weighted by Gasteiger charge is -2.31. The van der Waals surface area contributed by atoms with Crippen molar-refractivity contribution >= 4 is 17.5 Å². The van der Waals surface area contributed by atoms with E-state index in [1.807, 2.05) is 36.1 Å². The largest absolute Gasteiger partial charge is 0.494 e. The second-order valence-corrected chi connectivity index (χ2v) is 6.93. The Hall–Kier alpha value is -2.04. The van der Waals surface area contributed by atoms with Crippen LogP contribution in [0, 0.1) is 17.8 Å². The zero-order valence-corrected chi connectivity index (χ0v) is 14.5. The SMILES string of the molecule is CCOc1ccc(NC(=O)C2CC2C(=O)N2CCCC(C)C2)cc1. The number of rotatable bonds is 5. The van der Waals surface area contributed by atoms with Gasteiger partial charge in [-0.25, -0.2) is 0 Å². The first kappa shape index (κ1) is 16.8. The third kappa shape index (κ3) is 3.89. The summed E-state index contributed by atoms with van der Waals surface area (Å²) in [5.74, 6) is 1.15. The van der Waals surface area contributed by atoms with Gasteiger partial charge in [-0.3, -0.25) is 9.59 Å². The molecule has 1 aromatic carbocycles. The Morgan fingerprint density at radius 2 is 2.00 bits per heavy atom. The van der Waals surface area contributed by atoms with E-state index in [4.69, 9.17) is 4.74 Å². The monoisotopic (exact) mass is 330 g/mol. The van der Waals surface area contributed by atoms with Crippen molar-refractivity contribution in [2.24, 2.45) is 17.8 Å². The number of ether oxygens (including phenoxy) is 1. The molecule has 1 aliphatic heterocycles. The van der Waals surface area contributed by atoms with Gasteiger partial charge in [0.15, 0.2) is 0 Å². The topological polar surface area (TPSA) is 58.6 Å². The van der Waals surface area contributed by atoms with Crippen molar-refractivity contribution < 1.29 is 14.3 Å². The summed E-state index contributed by atoms with van der Waals surface area (Å²) in [4.78, 5) is 26.8. The molecule has 5 nitrogen and oxygen atoms in total. The molecule has 1 saturated carbocycles. The average Bonchev–Trinajstić information content (AvgIpc) is 3.37. The molecule has 2 amide bonds. The number of anilines is 1. The van der Waals surface area contributed by atoms with Gasteiger partial charge in [-0.2, -0.15) is 0 Å². The quantitative estimate of drug-likeness (QED) is 0.903. The van der Waals surface area contributed by atoms with Crippen LogP contribution in [0.2, 0.25) is 0 Å². The fourth-order valence-electron chi connectivity index (χ4n) is 3.42. The van der Waals surface area contributed by atoms with E-state index in [9.17, 15) is 9.59 Å². The molecule has 3 atom stereocenters. The molecule has 2 fully saturated rings. The molecule has 0 bridgehead atoms. The normalized spacial score (nSPS) is 25.9. The Bertz CT molecular complexity index is 599. The summed E-state index contributed by atoms with van der Waals surface area (Å²) in [6.07, 6.45) is 2.94. The number of piperidine rings is 1. The number of hydrogen-bond donors (Lipinski definition) is 1. The second-order valence-electron chi connectivity index (χ2n) is 6.93. The highest BCUT2D eigenvalue weighted by Crippen LogP contribution is 2.41. The molecule has 0 radical (unpaired) electrons. The molecule has 0 spiro atoms. The van der Waals surface area contributed by atoms with Crippen LogP contribution in [0.15, 0.2) is 24.3 Å². The van der Waals surface area contributed by atoms with Crippen LogP contribution in [0.1, 0.15) is 33.1 Å². The van der Waals surface area contributed by atoms with E-state index in [1.165, 1.54) is 6.42 Å². The van der Waals surface area contributed by atoms with E-state index >= 15 is 0 Å². The van der Waals surface area contributed by atoms with Crippen molar-refractivity contribution in [3.05, 3.63) is 24.3 Å². The minimum Gasteiger partial charge on any atom is -0.494 e. The molecule has 1 aliphatic carbocycles. The Morgan fingerprint density at radius 3 is 2.67 bits per heavy atom. The third-order valence-electron chi connectivity index (χ3n) is 4.85. The van der Waals surface area contributed by atoms with Crippen molar-refractivity contribution in [2.45, 2.75) is 33.1 Å². The minimum atomic E-state index is -0.179. The van der Waals surface area contributed by atoms with Crippen LogP contribution in [0.4, 0.5) is 5.69 Å². The molecule has 1 saturated heterocycles. The Morgan fingerprint density at radius 1 is 1.25 bits per heavy atom. The van der Waals surface area contributed by atoms with Gasteiger partial charge in [-0.15, -0.1) is 0 Å². The smallest absolute Gasteiger partial charge is 0.228 e. The number of nitrogens with zero attached hydrogens (tertiary/aromatic N) is 1. The molecule has 1 aromatic rings. The number of hydrogen-bond acceptors (Lipinski definition) is 3. The van der Waals surface area contributed by atoms with Crippen molar-refractivity contribution in [1.29, 1.82) is 0 Å². The fourth-order valence-corrected chi connectivity index (χ4v) is 3.42. The summed E-state index contributed by atoms with van der Waals surface area (Å²) in [7, 11) is 0. The van der Waals surface area contributed by atoms with Crippen LogP contribution in [-0.4, -0.2) is 36.4 Å². The zero-order valence-electron chi connectivity index (χ0n) is 14.5. The lowest BCUT2D eigenvalue weighted by Crippen LogP contribution is -2.40. The summed E-state index contributed by atoms with van der Waals surface area (Å²) in [5.41, 5.74) is 0.744. The van der Waals surface area contributed by atoms with Crippen molar-refractivity contribution in [2.75, 3.05) is 25.0 Å². The first-order valence-electron chi connectivity index (χ1n) is 8.91. The summed E-state index contributed by atoms with van der Waals surface area (Å²) in [6.45, 7) is 6.41. The van der Waals surface area contributed by atoms with Crippen LogP contribution in [0.5, 0.6) is 5.75 Å². The van der Waals surface area contributed by atoms with Crippen LogP contribution in [-0.2, 0) is 9.59 Å². The highest BCUT2D eigenvalue weighted by molar-refractivity contribution is 5.99. The van der Waals surface area contributed by atoms with Crippen molar-refractivity contribution in [1.82, 2.24) is 4.90 Å². The van der Waals surface area contributed by atoms with Gasteiger partial charge in [0.25, 0.3) is 0 Å². The highest BCUT2D eigenvalue weighted by Gasteiger charge is 2.49. The average molecular weight is 330 g/mol. The summed E-state index contributed by atoms with van der Waals surface area (Å²) in [5, 5.41) is 2.90. The Labute approximate surface area is 143 Å². The van der Waals surface area contributed by atoms with Crippen LogP contribution in [0.3, 0.4) is 0 Å². The van der Waals surface area contributed by atoms with Gasteiger partial charge in [0.1, 0.15) is 5.75 Å².